The highest BCUT2D eigenvalue weighted by Crippen LogP contribution is 2.22. The molecule has 0 spiro atoms. The summed E-state index contributed by atoms with van der Waals surface area (Å²) >= 11 is 0. The van der Waals surface area contributed by atoms with Gasteiger partial charge in [-0.3, -0.25) is 5.10 Å². The van der Waals surface area contributed by atoms with Crippen LogP contribution in [0.1, 0.15) is 17.0 Å². The quantitative estimate of drug-likeness (QED) is 0.765. The Balaban J connectivity index is 1.87. The zero-order valence-electron chi connectivity index (χ0n) is 11.4. The second kappa shape index (κ2) is 4.74. The Morgan fingerprint density at radius 2 is 2.30 bits per heavy atom. The first-order chi connectivity index (χ1) is 9.70. The molecular weight excluding hydrogens is 250 g/mol. The molecule has 0 amide bonds. The van der Waals surface area contributed by atoms with Crippen molar-refractivity contribution in [2.24, 2.45) is 7.05 Å². The van der Waals surface area contributed by atoms with E-state index < -0.39 is 0 Å². The zero-order valence-corrected chi connectivity index (χ0v) is 11.4. The van der Waals surface area contributed by atoms with Crippen molar-refractivity contribution in [2.45, 2.75) is 13.5 Å². The molecule has 0 saturated heterocycles. The Labute approximate surface area is 116 Å². The number of nitriles is 1. The fourth-order valence-corrected chi connectivity index (χ4v) is 2.36. The molecule has 2 heterocycles. The molecule has 5 nitrogen and oxygen atoms in total. The summed E-state index contributed by atoms with van der Waals surface area (Å²) in [6, 6.07) is 10.2. The van der Waals surface area contributed by atoms with Crippen molar-refractivity contribution in [2.75, 3.05) is 5.32 Å². The summed E-state index contributed by atoms with van der Waals surface area (Å²) in [7, 11) is 1.91. The number of fused-ring (bicyclic) bond motifs is 1. The Morgan fingerprint density at radius 3 is 3.05 bits per heavy atom. The molecule has 0 bridgehead atoms. The maximum absolute atomic E-state index is 9.05. The Hall–Kier alpha value is -2.74. The highest BCUT2D eigenvalue weighted by molar-refractivity contribution is 5.89. The number of anilines is 1. The van der Waals surface area contributed by atoms with Crippen LogP contribution in [0.25, 0.3) is 10.9 Å². The van der Waals surface area contributed by atoms with E-state index in [0.717, 1.165) is 27.8 Å². The fraction of sp³-hybridized carbons (Fsp3) is 0.200. The Kier molecular flexibility index (Phi) is 2.92. The van der Waals surface area contributed by atoms with Crippen molar-refractivity contribution in [1.29, 1.82) is 5.26 Å². The van der Waals surface area contributed by atoms with Crippen molar-refractivity contribution in [3.8, 4) is 6.07 Å². The lowest BCUT2D eigenvalue weighted by atomic mass is 10.2. The van der Waals surface area contributed by atoms with E-state index in [2.05, 4.69) is 21.6 Å². The van der Waals surface area contributed by atoms with Crippen LogP contribution in [0.4, 0.5) is 5.69 Å². The molecule has 0 unspecified atom stereocenters. The molecule has 0 radical (unpaired) electrons. The summed E-state index contributed by atoms with van der Waals surface area (Å²) in [6.45, 7) is 2.70. The van der Waals surface area contributed by atoms with E-state index in [4.69, 9.17) is 5.26 Å². The van der Waals surface area contributed by atoms with Gasteiger partial charge in [0.1, 0.15) is 11.8 Å². The van der Waals surface area contributed by atoms with Gasteiger partial charge in [0, 0.05) is 24.7 Å². The minimum Gasteiger partial charge on any atom is -0.379 e. The first kappa shape index (κ1) is 12.3. The van der Waals surface area contributed by atoms with Crippen LogP contribution in [0.2, 0.25) is 0 Å². The van der Waals surface area contributed by atoms with Gasteiger partial charge in [-0.1, -0.05) is 12.1 Å². The largest absolute Gasteiger partial charge is 0.379 e. The topological polar surface area (TPSA) is 69.4 Å². The average molecular weight is 265 g/mol. The van der Waals surface area contributed by atoms with Crippen LogP contribution in [0.15, 0.2) is 30.5 Å². The smallest absolute Gasteiger partial charge is 0.120 e. The molecule has 2 aromatic heterocycles. The van der Waals surface area contributed by atoms with Gasteiger partial charge >= 0.3 is 0 Å². The molecule has 0 aliphatic heterocycles. The minimum atomic E-state index is 0.680. The molecule has 100 valence electrons. The SMILES string of the molecule is Cc1c(CNc2cccc3cn[nH]c23)cc(C#N)n1C. The predicted octanol–water partition coefficient (Wildman–Crippen LogP) is 2.69. The predicted molar refractivity (Wildman–Crippen MR) is 78.3 cm³/mol. The second-order valence-electron chi connectivity index (χ2n) is 4.80. The minimum absolute atomic E-state index is 0.680. The van der Waals surface area contributed by atoms with Gasteiger partial charge in [0.15, 0.2) is 0 Å². The van der Waals surface area contributed by atoms with E-state index in [-0.39, 0.29) is 0 Å². The fourth-order valence-electron chi connectivity index (χ4n) is 2.36. The second-order valence-corrected chi connectivity index (χ2v) is 4.80. The highest BCUT2D eigenvalue weighted by Gasteiger charge is 2.09. The summed E-state index contributed by atoms with van der Waals surface area (Å²) in [6.07, 6.45) is 1.81. The van der Waals surface area contributed by atoms with E-state index in [9.17, 15) is 0 Å². The van der Waals surface area contributed by atoms with Crippen LogP contribution in [0.5, 0.6) is 0 Å². The van der Waals surface area contributed by atoms with Gasteiger partial charge in [-0.15, -0.1) is 0 Å². The van der Waals surface area contributed by atoms with Crippen LogP contribution >= 0.6 is 0 Å². The van der Waals surface area contributed by atoms with Gasteiger partial charge < -0.3 is 9.88 Å². The van der Waals surface area contributed by atoms with Gasteiger partial charge in [0.2, 0.25) is 0 Å². The number of nitrogens with zero attached hydrogens (tertiary/aromatic N) is 3. The number of rotatable bonds is 3. The molecule has 0 fully saturated rings. The number of hydrogen-bond donors (Lipinski definition) is 2. The van der Waals surface area contributed by atoms with Gasteiger partial charge in [-0.05, 0) is 24.6 Å². The third kappa shape index (κ3) is 1.91. The summed E-state index contributed by atoms with van der Waals surface area (Å²) in [5.74, 6) is 0. The van der Waals surface area contributed by atoms with Crippen LogP contribution < -0.4 is 5.32 Å². The molecule has 20 heavy (non-hydrogen) atoms. The third-order valence-electron chi connectivity index (χ3n) is 3.70. The van der Waals surface area contributed by atoms with Crippen molar-refractivity contribution >= 4 is 16.6 Å². The number of aromatic nitrogens is 3. The lowest BCUT2D eigenvalue weighted by molar-refractivity contribution is 0.856. The molecule has 0 aliphatic carbocycles. The normalized spacial score (nSPS) is 10.7. The van der Waals surface area contributed by atoms with Gasteiger partial charge in [0.25, 0.3) is 0 Å². The Morgan fingerprint density at radius 1 is 1.45 bits per heavy atom. The van der Waals surface area contributed by atoms with E-state index in [1.807, 2.05) is 49.0 Å². The zero-order chi connectivity index (χ0) is 14.1. The number of aromatic amines is 1. The Bertz CT molecular complexity index is 803. The summed E-state index contributed by atoms with van der Waals surface area (Å²) in [5, 5.41) is 20.6. The van der Waals surface area contributed by atoms with Crippen molar-refractivity contribution in [3.63, 3.8) is 0 Å². The summed E-state index contributed by atoms with van der Waals surface area (Å²) in [4.78, 5) is 0. The maximum Gasteiger partial charge on any atom is 0.120 e. The first-order valence-corrected chi connectivity index (χ1v) is 6.42. The molecule has 5 heteroatoms. The highest BCUT2D eigenvalue weighted by atomic mass is 15.1. The number of hydrogen-bond acceptors (Lipinski definition) is 3. The van der Waals surface area contributed by atoms with E-state index in [1.165, 1.54) is 0 Å². The van der Waals surface area contributed by atoms with E-state index in [1.54, 1.807) is 0 Å². The average Bonchev–Trinajstić information content (AvgIpc) is 3.04. The van der Waals surface area contributed by atoms with E-state index in [0.29, 0.717) is 12.2 Å². The summed E-state index contributed by atoms with van der Waals surface area (Å²) < 4.78 is 1.91. The number of H-pyrrole nitrogens is 1. The molecule has 2 N–H and O–H groups in total. The maximum atomic E-state index is 9.05. The number of para-hydroxylation sites is 1. The van der Waals surface area contributed by atoms with Crippen molar-refractivity contribution in [1.82, 2.24) is 14.8 Å². The van der Waals surface area contributed by atoms with Crippen molar-refractivity contribution in [3.05, 3.63) is 47.4 Å². The number of benzene rings is 1. The van der Waals surface area contributed by atoms with E-state index >= 15 is 0 Å². The molecule has 3 aromatic rings. The van der Waals surface area contributed by atoms with Crippen LogP contribution in [0.3, 0.4) is 0 Å². The molecule has 3 rings (SSSR count). The lowest BCUT2D eigenvalue weighted by Crippen LogP contribution is -2.02. The first-order valence-electron chi connectivity index (χ1n) is 6.42. The third-order valence-corrected chi connectivity index (χ3v) is 3.70. The molecule has 1 aromatic carbocycles. The number of nitrogens with one attached hydrogen (secondary N) is 2. The van der Waals surface area contributed by atoms with Crippen LogP contribution in [0, 0.1) is 18.3 Å². The molecule has 0 aliphatic rings. The van der Waals surface area contributed by atoms with Crippen LogP contribution in [-0.2, 0) is 13.6 Å². The van der Waals surface area contributed by atoms with Gasteiger partial charge in [-0.2, -0.15) is 10.4 Å². The summed E-state index contributed by atoms with van der Waals surface area (Å²) in [5.41, 5.74) is 4.92. The molecular formula is C15H15N5. The van der Waals surface area contributed by atoms with Crippen LogP contribution in [-0.4, -0.2) is 14.8 Å². The molecule has 0 saturated carbocycles. The van der Waals surface area contributed by atoms with Gasteiger partial charge in [0.05, 0.1) is 17.4 Å². The van der Waals surface area contributed by atoms with Crippen molar-refractivity contribution < 1.29 is 0 Å². The lowest BCUT2D eigenvalue weighted by Gasteiger charge is -2.07. The standard InChI is InChI=1S/C15H15N5/c1-10-12(6-13(7-16)20(10)2)8-17-14-5-3-4-11-9-18-19-15(11)14/h3-6,9,17H,8H2,1-2H3,(H,18,19). The molecule has 0 atom stereocenters. The monoisotopic (exact) mass is 265 g/mol. The van der Waals surface area contributed by atoms with Gasteiger partial charge in [-0.25, -0.2) is 0 Å².